The largest absolute Gasteiger partial charge is 0.361 e. The van der Waals surface area contributed by atoms with E-state index in [2.05, 4.69) is 22.4 Å². The summed E-state index contributed by atoms with van der Waals surface area (Å²) < 4.78 is 5.10. The molecule has 0 saturated heterocycles. The maximum Gasteiger partial charge on any atom is 0.183 e. The Hall–Kier alpha value is -1.36. The standard InChI is InChI=1S/C11H15N3OS/c1-4-9-5-12-11(16-9)13-6-10-7(2)14-15-8(10)3/h5H,4,6H2,1-3H3,(H,12,13). The van der Waals surface area contributed by atoms with Crippen molar-refractivity contribution in [1.29, 1.82) is 0 Å². The number of aryl methyl sites for hydroxylation is 3. The van der Waals surface area contributed by atoms with Crippen LogP contribution in [-0.4, -0.2) is 10.1 Å². The van der Waals surface area contributed by atoms with Gasteiger partial charge in [0.15, 0.2) is 5.13 Å². The van der Waals surface area contributed by atoms with Crippen molar-refractivity contribution in [3.8, 4) is 0 Å². The van der Waals surface area contributed by atoms with Gasteiger partial charge in [-0.2, -0.15) is 0 Å². The van der Waals surface area contributed by atoms with Crippen LogP contribution in [0.4, 0.5) is 5.13 Å². The molecule has 2 aromatic heterocycles. The van der Waals surface area contributed by atoms with Crippen molar-refractivity contribution in [2.75, 3.05) is 5.32 Å². The number of anilines is 1. The molecule has 1 N–H and O–H groups in total. The third kappa shape index (κ3) is 2.24. The second kappa shape index (κ2) is 4.65. The summed E-state index contributed by atoms with van der Waals surface area (Å²) in [6.07, 6.45) is 2.95. The van der Waals surface area contributed by atoms with Gasteiger partial charge in [0.1, 0.15) is 5.76 Å². The molecular weight excluding hydrogens is 222 g/mol. The highest BCUT2D eigenvalue weighted by Crippen LogP contribution is 2.20. The van der Waals surface area contributed by atoms with E-state index in [0.29, 0.717) is 0 Å². The van der Waals surface area contributed by atoms with Crippen LogP contribution < -0.4 is 5.32 Å². The molecule has 2 heterocycles. The first-order valence-corrected chi connectivity index (χ1v) is 6.12. The van der Waals surface area contributed by atoms with E-state index in [-0.39, 0.29) is 0 Å². The van der Waals surface area contributed by atoms with E-state index < -0.39 is 0 Å². The molecule has 4 nitrogen and oxygen atoms in total. The molecule has 0 aliphatic carbocycles. The molecule has 0 fully saturated rings. The molecule has 0 saturated carbocycles. The lowest BCUT2D eigenvalue weighted by atomic mass is 10.2. The van der Waals surface area contributed by atoms with Gasteiger partial charge in [-0.05, 0) is 20.3 Å². The molecule has 5 heteroatoms. The summed E-state index contributed by atoms with van der Waals surface area (Å²) in [5.41, 5.74) is 2.06. The Balaban J connectivity index is 2.02. The third-order valence-corrected chi connectivity index (χ3v) is 3.60. The number of hydrogen-bond acceptors (Lipinski definition) is 5. The van der Waals surface area contributed by atoms with Crippen molar-refractivity contribution in [2.24, 2.45) is 0 Å². The number of thiazole rings is 1. The van der Waals surface area contributed by atoms with Gasteiger partial charge in [0.25, 0.3) is 0 Å². The fourth-order valence-electron chi connectivity index (χ4n) is 1.47. The summed E-state index contributed by atoms with van der Waals surface area (Å²) in [6.45, 7) is 6.73. The Morgan fingerprint density at radius 2 is 2.25 bits per heavy atom. The lowest BCUT2D eigenvalue weighted by Gasteiger charge is -2.01. The number of hydrogen-bond donors (Lipinski definition) is 1. The highest BCUT2D eigenvalue weighted by Gasteiger charge is 2.09. The number of rotatable bonds is 4. The number of nitrogens with zero attached hydrogens (tertiary/aromatic N) is 2. The van der Waals surface area contributed by atoms with Gasteiger partial charge in [-0.25, -0.2) is 4.98 Å². The zero-order valence-electron chi connectivity index (χ0n) is 9.70. The summed E-state index contributed by atoms with van der Waals surface area (Å²) in [5, 5.41) is 8.16. The fourth-order valence-corrected chi connectivity index (χ4v) is 2.22. The van der Waals surface area contributed by atoms with Crippen LogP contribution >= 0.6 is 11.3 Å². The van der Waals surface area contributed by atoms with E-state index >= 15 is 0 Å². The lowest BCUT2D eigenvalue weighted by Crippen LogP contribution is -2.00. The van der Waals surface area contributed by atoms with Crippen LogP contribution in [0.1, 0.15) is 28.8 Å². The van der Waals surface area contributed by atoms with E-state index in [1.807, 2.05) is 20.0 Å². The molecule has 86 valence electrons. The molecule has 2 aromatic rings. The van der Waals surface area contributed by atoms with E-state index in [1.165, 1.54) is 4.88 Å². The van der Waals surface area contributed by atoms with Crippen LogP contribution in [0.15, 0.2) is 10.7 Å². The summed E-state index contributed by atoms with van der Waals surface area (Å²) >= 11 is 1.69. The molecule has 0 aliphatic heterocycles. The van der Waals surface area contributed by atoms with Gasteiger partial charge in [0.2, 0.25) is 0 Å². The Bertz CT molecular complexity index is 456. The Labute approximate surface area is 98.7 Å². The molecule has 0 unspecified atom stereocenters. The summed E-state index contributed by atoms with van der Waals surface area (Å²) in [5.74, 6) is 0.872. The van der Waals surface area contributed by atoms with Gasteiger partial charge in [0.05, 0.1) is 5.69 Å². The molecular formula is C11H15N3OS. The average Bonchev–Trinajstić information content (AvgIpc) is 2.85. The lowest BCUT2D eigenvalue weighted by molar-refractivity contribution is 0.392. The van der Waals surface area contributed by atoms with Gasteiger partial charge in [0, 0.05) is 23.2 Å². The molecule has 2 rings (SSSR count). The average molecular weight is 237 g/mol. The first-order valence-electron chi connectivity index (χ1n) is 5.31. The van der Waals surface area contributed by atoms with Gasteiger partial charge in [-0.3, -0.25) is 0 Å². The fraction of sp³-hybridized carbons (Fsp3) is 0.455. The molecule has 0 aromatic carbocycles. The van der Waals surface area contributed by atoms with E-state index in [1.54, 1.807) is 11.3 Å². The monoisotopic (exact) mass is 237 g/mol. The molecule has 0 radical (unpaired) electrons. The van der Waals surface area contributed by atoms with Crippen molar-refractivity contribution < 1.29 is 4.52 Å². The molecule has 0 atom stereocenters. The van der Waals surface area contributed by atoms with Crippen LogP contribution in [-0.2, 0) is 13.0 Å². The Kier molecular flexibility index (Phi) is 3.24. The predicted molar refractivity (Wildman–Crippen MR) is 64.8 cm³/mol. The SMILES string of the molecule is CCc1cnc(NCc2c(C)noc2C)s1. The quantitative estimate of drug-likeness (QED) is 0.888. The van der Waals surface area contributed by atoms with Crippen LogP contribution in [0, 0.1) is 13.8 Å². The zero-order chi connectivity index (χ0) is 11.5. The predicted octanol–water partition coefficient (Wildman–Crippen LogP) is 2.92. The Morgan fingerprint density at radius 1 is 1.44 bits per heavy atom. The minimum atomic E-state index is 0.720. The van der Waals surface area contributed by atoms with Crippen molar-refractivity contribution in [3.63, 3.8) is 0 Å². The highest BCUT2D eigenvalue weighted by molar-refractivity contribution is 7.15. The van der Waals surface area contributed by atoms with Crippen LogP contribution in [0.2, 0.25) is 0 Å². The van der Waals surface area contributed by atoms with Gasteiger partial charge < -0.3 is 9.84 Å². The molecule has 0 aliphatic rings. The van der Waals surface area contributed by atoms with Gasteiger partial charge in [-0.15, -0.1) is 11.3 Å². The smallest absolute Gasteiger partial charge is 0.183 e. The minimum Gasteiger partial charge on any atom is -0.361 e. The van der Waals surface area contributed by atoms with Gasteiger partial charge >= 0.3 is 0 Å². The van der Waals surface area contributed by atoms with Crippen LogP contribution in [0.25, 0.3) is 0 Å². The zero-order valence-corrected chi connectivity index (χ0v) is 10.5. The molecule has 0 bridgehead atoms. The first-order chi connectivity index (χ1) is 7.70. The molecule has 0 spiro atoms. The second-order valence-corrected chi connectivity index (χ2v) is 4.76. The van der Waals surface area contributed by atoms with Crippen molar-refractivity contribution in [3.05, 3.63) is 28.1 Å². The summed E-state index contributed by atoms with van der Waals surface area (Å²) in [7, 11) is 0. The van der Waals surface area contributed by atoms with E-state index in [0.717, 1.165) is 35.1 Å². The van der Waals surface area contributed by atoms with Crippen molar-refractivity contribution in [1.82, 2.24) is 10.1 Å². The topological polar surface area (TPSA) is 51.0 Å². The minimum absolute atomic E-state index is 0.720. The normalized spacial score (nSPS) is 10.7. The maximum atomic E-state index is 5.10. The third-order valence-electron chi connectivity index (χ3n) is 2.50. The van der Waals surface area contributed by atoms with Crippen molar-refractivity contribution >= 4 is 16.5 Å². The first kappa shape index (κ1) is 11.1. The highest BCUT2D eigenvalue weighted by atomic mass is 32.1. The van der Waals surface area contributed by atoms with E-state index in [4.69, 9.17) is 4.52 Å². The van der Waals surface area contributed by atoms with Gasteiger partial charge in [-0.1, -0.05) is 12.1 Å². The van der Waals surface area contributed by atoms with Crippen LogP contribution in [0.3, 0.4) is 0 Å². The van der Waals surface area contributed by atoms with E-state index in [9.17, 15) is 0 Å². The summed E-state index contributed by atoms with van der Waals surface area (Å²) in [6, 6.07) is 0. The number of aromatic nitrogens is 2. The Morgan fingerprint density at radius 3 is 2.81 bits per heavy atom. The van der Waals surface area contributed by atoms with Crippen molar-refractivity contribution in [2.45, 2.75) is 33.7 Å². The maximum absolute atomic E-state index is 5.10. The van der Waals surface area contributed by atoms with Crippen LogP contribution in [0.5, 0.6) is 0 Å². The molecule has 0 amide bonds. The number of nitrogens with one attached hydrogen (secondary N) is 1. The molecule has 16 heavy (non-hydrogen) atoms. The summed E-state index contributed by atoms with van der Waals surface area (Å²) in [4.78, 5) is 5.60. The second-order valence-electron chi connectivity index (χ2n) is 3.64.